The predicted molar refractivity (Wildman–Crippen MR) is 59.1 cm³/mol. The molecule has 96 valence electrons. The molecular weight excluding hydrogens is 277 g/mol. The van der Waals surface area contributed by atoms with E-state index in [0.29, 0.717) is 6.42 Å². The highest BCUT2D eigenvalue weighted by atomic mass is 35.5. The number of aliphatic hydroxyl groups is 1. The molecule has 0 amide bonds. The lowest BCUT2D eigenvalue weighted by atomic mass is 10.3. The second-order valence-electron chi connectivity index (χ2n) is 3.30. The Kier molecular flexibility index (Phi) is 5.03. The lowest BCUT2D eigenvalue weighted by Gasteiger charge is -2.11. The van der Waals surface area contributed by atoms with E-state index in [2.05, 4.69) is 9.97 Å². The Balaban J connectivity index is 2.90. The summed E-state index contributed by atoms with van der Waals surface area (Å²) < 4.78 is 37.3. The third-order valence-electron chi connectivity index (χ3n) is 1.82. The Bertz CT molecular complexity index is 389. The van der Waals surface area contributed by atoms with Gasteiger partial charge in [0.05, 0.1) is 0 Å². The van der Waals surface area contributed by atoms with Crippen LogP contribution < -0.4 is 0 Å². The van der Waals surface area contributed by atoms with Gasteiger partial charge in [0.25, 0.3) is 0 Å². The predicted octanol–water partition coefficient (Wildman–Crippen LogP) is 3.01. The fraction of sp³-hybridized carbons (Fsp3) is 0.556. The standard InChI is InChI=1S/C9H10ClF3N2OS/c1-5(2-3-16)17-7-4-6(9(11,12)13)14-8(10)15-7/h4-5,16H,2-3H2,1H3. The summed E-state index contributed by atoms with van der Waals surface area (Å²) in [5.74, 6) is 0. The molecule has 0 bridgehead atoms. The second kappa shape index (κ2) is 5.88. The van der Waals surface area contributed by atoms with Crippen molar-refractivity contribution < 1.29 is 18.3 Å². The van der Waals surface area contributed by atoms with E-state index in [9.17, 15) is 13.2 Å². The fourth-order valence-corrected chi connectivity index (χ4v) is 2.24. The Labute approximate surface area is 105 Å². The third-order valence-corrected chi connectivity index (χ3v) is 3.08. The number of hydrogen-bond donors (Lipinski definition) is 1. The molecule has 1 aromatic heterocycles. The van der Waals surface area contributed by atoms with Crippen LogP contribution in [-0.2, 0) is 6.18 Å². The molecular formula is C9H10ClF3N2OS. The van der Waals surface area contributed by atoms with Crippen molar-refractivity contribution in [1.82, 2.24) is 9.97 Å². The highest BCUT2D eigenvalue weighted by molar-refractivity contribution is 7.99. The van der Waals surface area contributed by atoms with Gasteiger partial charge in [-0.05, 0) is 18.0 Å². The van der Waals surface area contributed by atoms with E-state index in [1.54, 1.807) is 6.92 Å². The molecule has 1 unspecified atom stereocenters. The van der Waals surface area contributed by atoms with Crippen LogP contribution in [-0.4, -0.2) is 26.9 Å². The SMILES string of the molecule is CC(CCO)Sc1cc(C(F)(F)F)nc(Cl)n1. The molecule has 0 radical (unpaired) electrons. The monoisotopic (exact) mass is 286 g/mol. The van der Waals surface area contributed by atoms with Crippen LogP contribution in [0.25, 0.3) is 0 Å². The van der Waals surface area contributed by atoms with Gasteiger partial charge in [0.15, 0.2) is 5.69 Å². The number of nitrogens with zero attached hydrogens (tertiary/aromatic N) is 2. The van der Waals surface area contributed by atoms with E-state index in [-0.39, 0.29) is 16.9 Å². The topological polar surface area (TPSA) is 46.0 Å². The van der Waals surface area contributed by atoms with Crippen LogP contribution in [0.15, 0.2) is 11.1 Å². The largest absolute Gasteiger partial charge is 0.433 e. The summed E-state index contributed by atoms with van der Waals surface area (Å²) >= 11 is 6.55. The van der Waals surface area contributed by atoms with Crippen LogP contribution in [0.1, 0.15) is 19.0 Å². The number of halogens is 4. The minimum atomic E-state index is -4.54. The van der Waals surface area contributed by atoms with Crippen LogP contribution >= 0.6 is 23.4 Å². The minimum Gasteiger partial charge on any atom is -0.396 e. The lowest BCUT2D eigenvalue weighted by Crippen LogP contribution is -2.10. The van der Waals surface area contributed by atoms with E-state index in [0.717, 1.165) is 17.8 Å². The number of aliphatic hydroxyl groups excluding tert-OH is 1. The second-order valence-corrected chi connectivity index (χ2v) is 5.10. The van der Waals surface area contributed by atoms with Crippen LogP contribution in [0.3, 0.4) is 0 Å². The molecule has 1 aromatic rings. The molecule has 0 aliphatic carbocycles. The first-order valence-electron chi connectivity index (χ1n) is 4.72. The summed E-state index contributed by atoms with van der Waals surface area (Å²) in [6.07, 6.45) is -4.07. The third kappa shape index (κ3) is 4.69. The van der Waals surface area contributed by atoms with E-state index >= 15 is 0 Å². The number of rotatable bonds is 4. The molecule has 1 atom stereocenters. The molecule has 0 aromatic carbocycles. The molecule has 0 saturated heterocycles. The Morgan fingerprint density at radius 2 is 2.12 bits per heavy atom. The molecule has 0 fully saturated rings. The van der Waals surface area contributed by atoms with Gasteiger partial charge in [-0.2, -0.15) is 13.2 Å². The van der Waals surface area contributed by atoms with Crippen LogP contribution in [0.2, 0.25) is 5.28 Å². The molecule has 1 rings (SSSR count). The van der Waals surface area contributed by atoms with E-state index in [1.165, 1.54) is 0 Å². The van der Waals surface area contributed by atoms with Crippen molar-refractivity contribution in [1.29, 1.82) is 0 Å². The molecule has 0 saturated carbocycles. The maximum atomic E-state index is 12.4. The van der Waals surface area contributed by atoms with Crippen LogP contribution in [0, 0.1) is 0 Å². The van der Waals surface area contributed by atoms with Crippen LogP contribution in [0.5, 0.6) is 0 Å². The minimum absolute atomic E-state index is 0.0287. The molecule has 1 heterocycles. The quantitative estimate of drug-likeness (QED) is 0.525. The number of hydrogen-bond acceptors (Lipinski definition) is 4. The van der Waals surface area contributed by atoms with E-state index in [4.69, 9.17) is 16.7 Å². The van der Waals surface area contributed by atoms with Crippen molar-refractivity contribution in [2.24, 2.45) is 0 Å². The summed E-state index contributed by atoms with van der Waals surface area (Å²) in [5.41, 5.74) is -1.06. The number of alkyl halides is 3. The average Bonchev–Trinajstić information content (AvgIpc) is 2.15. The van der Waals surface area contributed by atoms with Crippen molar-refractivity contribution in [2.75, 3.05) is 6.61 Å². The van der Waals surface area contributed by atoms with Crippen molar-refractivity contribution in [3.05, 3.63) is 17.0 Å². The number of aromatic nitrogens is 2. The highest BCUT2D eigenvalue weighted by Crippen LogP contribution is 2.32. The van der Waals surface area contributed by atoms with Gasteiger partial charge in [-0.1, -0.05) is 6.92 Å². The van der Waals surface area contributed by atoms with Crippen molar-refractivity contribution in [2.45, 2.75) is 29.8 Å². The van der Waals surface area contributed by atoms with E-state index < -0.39 is 17.2 Å². The molecule has 8 heteroatoms. The van der Waals surface area contributed by atoms with Gasteiger partial charge in [-0.3, -0.25) is 0 Å². The normalized spacial score (nSPS) is 13.8. The summed E-state index contributed by atoms with van der Waals surface area (Å²) in [6.45, 7) is 1.75. The molecule has 0 aliphatic heterocycles. The molecule has 1 N–H and O–H groups in total. The smallest absolute Gasteiger partial charge is 0.396 e. The highest BCUT2D eigenvalue weighted by Gasteiger charge is 2.33. The Hall–Kier alpha value is -0.530. The van der Waals surface area contributed by atoms with Crippen molar-refractivity contribution in [3.8, 4) is 0 Å². The zero-order chi connectivity index (χ0) is 13.1. The van der Waals surface area contributed by atoms with Gasteiger partial charge in [0.2, 0.25) is 5.28 Å². The van der Waals surface area contributed by atoms with Crippen molar-refractivity contribution in [3.63, 3.8) is 0 Å². The summed E-state index contributed by atoms with van der Waals surface area (Å²) in [7, 11) is 0. The van der Waals surface area contributed by atoms with Crippen LogP contribution in [0.4, 0.5) is 13.2 Å². The number of thioether (sulfide) groups is 1. The van der Waals surface area contributed by atoms with Gasteiger partial charge >= 0.3 is 6.18 Å². The molecule has 0 aliphatic rings. The first-order valence-corrected chi connectivity index (χ1v) is 5.98. The summed E-state index contributed by atoms with van der Waals surface area (Å²) in [6, 6.07) is 0.852. The van der Waals surface area contributed by atoms with E-state index in [1.807, 2.05) is 0 Å². The first kappa shape index (κ1) is 14.5. The maximum absolute atomic E-state index is 12.4. The molecule has 0 spiro atoms. The van der Waals surface area contributed by atoms with Crippen molar-refractivity contribution >= 4 is 23.4 Å². The Morgan fingerprint density at radius 3 is 2.65 bits per heavy atom. The van der Waals surface area contributed by atoms with Gasteiger partial charge < -0.3 is 5.11 Å². The summed E-state index contributed by atoms with van der Waals surface area (Å²) in [4.78, 5) is 6.83. The Morgan fingerprint density at radius 1 is 1.47 bits per heavy atom. The van der Waals surface area contributed by atoms with Gasteiger partial charge in [-0.15, -0.1) is 11.8 Å². The van der Waals surface area contributed by atoms with Gasteiger partial charge in [0, 0.05) is 17.9 Å². The average molecular weight is 287 g/mol. The maximum Gasteiger partial charge on any atom is 0.433 e. The van der Waals surface area contributed by atoms with Gasteiger partial charge in [-0.25, -0.2) is 9.97 Å². The zero-order valence-electron chi connectivity index (χ0n) is 8.83. The van der Waals surface area contributed by atoms with Gasteiger partial charge in [0.1, 0.15) is 5.03 Å². The zero-order valence-corrected chi connectivity index (χ0v) is 10.4. The lowest BCUT2D eigenvalue weighted by molar-refractivity contribution is -0.141. The molecule has 3 nitrogen and oxygen atoms in total. The molecule has 17 heavy (non-hydrogen) atoms. The summed E-state index contributed by atoms with van der Waals surface area (Å²) in [5, 5.41) is 8.37. The fourth-order valence-electron chi connectivity index (χ4n) is 1.05. The first-order chi connectivity index (χ1) is 7.82.